The van der Waals surface area contributed by atoms with Crippen LogP contribution in [0.5, 0.6) is 0 Å². The maximum Gasteiger partial charge on any atom is 0.137 e. The van der Waals surface area contributed by atoms with Gasteiger partial charge in [-0.15, -0.1) is 0 Å². The molecule has 11 atom stereocenters. The Morgan fingerprint density at radius 3 is 2.40 bits per heavy atom. The summed E-state index contributed by atoms with van der Waals surface area (Å²) in [6.45, 7) is 8.87. The standard InChI is InChI=1S/C40H75N3O5/c1-4-6-9-13-29(3)43-28-34-27-40(48,26-33(34)23-31-20-22-42-38(41)25-31)21-19-36(44)35(39(46)47)16-12-8-11-15-32-18-17-30(24-37(32)45)14-10-7-5-2/h17-18,29-38,42-45,48H,4-16,19-28,41H2,1-3H3,(H,46,47)/p+1. The number of carboxylic acids is 1. The van der Waals surface area contributed by atoms with Gasteiger partial charge in [0.05, 0.1) is 36.9 Å². The zero-order chi connectivity index (χ0) is 34.9. The molecule has 1 aliphatic heterocycles. The number of piperidine rings is 1. The fourth-order valence-electron chi connectivity index (χ4n) is 9.33. The van der Waals surface area contributed by atoms with E-state index in [9.17, 15) is 25.2 Å². The Labute approximate surface area is 293 Å². The number of carbonyl (C=O) groups is 1. The van der Waals surface area contributed by atoms with Crippen LogP contribution >= 0.6 is 0 Å². The van der Waals surface area contributed by atoms with E-state index in [-0.39, 0.29) is 24.6 Å². The van der Waals surface area contributed by atoms with Crippen molar-refractivity contribution < 1.29 is 35.9 Å². The van der Waals surface area contributed by atoms with E-state index < -0.39 is 23.6 Å². The minimum absolute atomic E-state index is 0.174. The van der Waals surface area contributed by atoms with Gasteiger partial charge in [0, 0.05) is 30.1 Å². The maximum atomic E-state index is 12.1. The Bertz CT molecular complexity index is 919. The van der Waals surface area contributed by atoms with Crippen LogP contribution in [-0.2, 0) is 4.79 Å². The Hall–Kier alpha value is -1.03. The van der Waals surface area contributed by atoms with Crippen molar-refractivity contribution in [3.8, 4) is 0 Å². The fourth-order valence-corrected chi connectivity index (χ4v) is 9.33. The summed E-state index contributed by atoms with van der Waals surface area (Å²) < 4.78 is 0. The highest BCUT2D eigenvalue weighted by molar-refractivity contribution is 5.68. The third kappa shape index (κ3) is 14.7. The Balaban J connectivity index is 1.45. The first-order chi connectivity index (χ1) is 23.0. The molecule has 1 saturated heterocycles. The summed E-state index contributed by atoms with van der Waals surface area (Å²) in [4.78, 5) is 12.1. The number of hydrogen-bond acceptors (Lipinski definition) is 6. The van der Waals surface area contributed by atoms with Crippen molar-refractivity contribution in [2.75, 3.05) is 13.1 Å². The van der Waals surface area contributed by atoms with Crippen molar-refractivity contribution >= 4 is 5.97 Å². The summed E-state index contributed by atoms with van der Waals surface area (Å²) >= 11 is 0. The zero-order valence-electron chi connectivity index (χ0n) is 31.1. The lowest BCUT2D eigenvalue weighted by atomic mass is 9.81. The highest BCUT2D eigenvalue weighted by Gasteiger charge is 2.46. The van der Waals surface area contributed by atoms with Gasteiger partial charge in [0.1, 0.15) is 6.17 Å². The van der Waals surface area contributed by atoms with Crippen LogP contribution in [0.15, 0.2) is 12.2 Å². The molecule has 2 fully saturated rings. The van der Waals surface area contributed by atoms with Gasteiger partial charge in [-0.25, -0.2) is 0 Å². The summed E-state index contributed by atoms with van der Waals surface area (Å²) in [5.74, 6) is 0.0253. The highest BCUT2D eigenvalue weighted by atomic mass is 16.4. The van der Waals surface area contributed by atoms with Crippen molar-refractivity contribution in [3.05, 3.63) is 12.2 Å². The molecule has 0 bridgehead atoms. The number of carboxylic acid groups (broad SMARTS) is 1. The summed E-state index contributed by atoms with van der Waals surface area (Å²) in [5, 5.41) is 50.4. The zero-order valence-corrected chi connectivity index (χ0v) is 31.1. The molecule has 2 aliphatic carbocycles. The molecule has 48 heavy (non-hydrogen) atoms. The number of allylic oxidation sites excluding steroid dienone is 1. The van der Waals surface area contributed by atoms with Crippen LogP contribution in [-0.4, -0.2) is 64.4 Å². The van der Waals surface area contributed by atoms with Crippen LogP contribution < -0.4 is 21.5 Å². The quantitative estimate of drug-likeness (QED) is 0.0677. The van der Waals surface area contributed by atoms with E-state index in [1.807, 2.05) is 0 Å². The molecule has 0 amide bonds. The lowest BCUT2D eigenvalue weighted by Gasteiger charge is -2.30. The van der Waals surface area contributed by atoms with Crippen molar-refractivity contribution in [2.45, 2.75) is 186 Å². The molecule has 0 aromatic heterocycles. The molecule has 3 rings (SSSR count). The molecule has 3 aliphatic rings. The first-order valence-electron chi connectivity index (χ1n) is 20.4. The number of unbranched alkanes of at least 4 members (excludes halogenated alkanes) is 6. The van der Waals surface area contributed by atoms with E-state index in [0.717, 1.165) is 70.9 Å². The van der Waals surface area contributed by atoms with E-state index in [4.69, 9.17) is 5.73 Å². The van der Waals surface area contributed by atoms with Crippen molar-refractivity contribution in [1.29, 1.82) is 0 Å². The monoisotopic (exact) mass is 679 g/mol. The van der Waals surface area contributed by atoms with E-state index in [1.54, 1.807) is 0 Å². The van der Waals surface area contributed by atoms with E-state index in [1.165, 1.54) is 51.4 Å². The maximum absolute atomic E-state index is 12.1. The van der Waals surface area contributed by atoms with Gasteiger partial charge in [0.2, 0.25) is 0 Å². The summed E-state index contributed by atoms with van der Waals surface area (Å²) in [6.07, 6.45) is 23.4. The van der Waals surface area contributed by atoms with Crippen molar-refractivity contribution in [3.63, 3.8) is 0 Å². The van der Waals surface area contributed by atoms with E-state index in [0.29, 0.717) is 49.0 Å². The third-order valence-electron chi connectivity index (χ3n) is 12.4. The lowest BCUT2D eigenvalue weighted by Crippen LogP contribution is -2.94. The minimum Gasteiger partial charge on any atom is -0.550 e. The van der Waals surface area contributed by atoms with Gasteiger partial charge in [-0.3, -0.25) is 5.73 Å². The molecule has 8 heteroatoms. The summed E-state index contributed by atoms with van der Waals surface area (Å²) in [6, 6.07) is 0.575. The lowest BCUT2D eigenvalue weighted by molar-refractivity contribution is -0.699. The molecular formula is C40H76N3O5+. The number of rotatable bonds is 24. The minimum atomic E-state index is -1.19. The van der Waals surface area contributed by atoms with Crippen molar-refractivity contribution in [2.24, 2.45) is 41.2 Å². The molecule has 0 spiro atoms. The third-order valence-corrected chi connectivity index (χ3v) is 12.4. The number of quaternary nitrogens is 2. The van der Waals surface area contributed by atoms with E-state index in [2.05, 4.69) is 43.6 Å². The van der Waals surface area contributed by atoms with Gasteiger partial charge in [0.25, 0.3) is 0 Å². The van der Waals surface area contributed by atoms with Gasteiger partial charge in [0.15, 0.2) is 0 Å². The van der Waals surface area contributed by atoms with Crippen LogP contribution in [0.3, 0.4) is 0 Å². The normalized spacial score (nSPS) is 32.7. The fraction of sp³-hybridized carbons (Fsp3) is 0.925. The number of aliphatic hydroxyl groups is 3. The molecule has 1 heterocycles. The van der Waals surface area contributed by atoms with E-state index >= 15 is 0 Å². The van der Waals surface area contributed by atoms with Gasteiger partial charge in [-0.1, -0.05) is 77.4 Å². The number of carbonyl (C=O) groups excluding carboxylic acids is 1. The second-order valence-electron chi connectivity index (χ2n) is 16.7. The average molecular weight is 679 g/mol. The molecule has 0 radical (unpaired) electrons. The van der Waals surface area contributed by atoms with Gasteiger partial charge in [-0.05, 0) is 102 Å². The second kappa shape index (κ2) is 22.0. The second-order valence-corrected chi connectivity index (χ2v) is 16.7. The van der Waals surface area contributed by atoms with Gasteiger partial charge < -0.3 is 35.9 Å². The topological polar surface area (TPSA) is 160 Å². The average Bonchev–Trinajstić information content (AvgIpc) is 3.36. The first-order valence-corrected chi connectivity index (χ1v) is 20.4. The van der Waals surface area contributed by atoms with Crippen LogP contribution in [0.25, 0.3) is 0 Å². The van der Waals surface area contributed by atoms with Crippen LogP contribution in [0.4, 0.5) is 0 Å². The smallest absolute Gasteiger partial charge is 0.137 e. The number of hydrogen-bond donors (Lipinski definition) is 6. The van der Waals surface area contributed by atoms with Crippen LogP contribution in [0.1, 0.15) is 156 Å². The SMILES string of the molecule is CCCCCC1C=CC(CCCCCC(C(=O)[O-])C(O)CCC2(O)CC(C[NH2+]C(C)CCCCC)C(CC3CC[NH2+]C(N)C3)C2)C(O)C1. The van der Waals surface area contributed by atoms with Gasteiger partial charge in [-0.2, -0.15) is 0 Å². The number of aliphatic carboxylic acids is 1. The van der Waals surface area contributed by atoms with Crippen LogP contribution in [0.2, 0.25) is 0 Å². The first kappa shape index (κ1) is 41.4. The highest BCUT2D eigenvalue weighted by Crippen LogP contribution is 2.45. The molecule has 280 valence electrons. The molecule has 1 saturated carbocycles. The predicted molar refractivity (Wildman–Crippen MR) is 191 cm³/mol. The molecule has 11 unspecified atom stereocenters. The summed E-state index contributed by atoms with van der Waals surface area (Å²) in [7, 11) is 0. The Morgan fingerprint density at radius 2 is 1.69 bits per heavy atom. The van der Waals surface area contributed by atoms with Gasteiger partial charge >= 0.3 is 0 Å². The molecular weight excluding hydrogens is 602 g/mol. The van der Waals surface area contributed by atoms with Crippen LogP contribution in [0, 0.1) is 35.5 Å². The Kier molecular flexibility index (Phi) is 19.0. The summed E-state index contributed by atoms with van der Waals surface area (Å²) in [5.41, 5.74) is 5.42. The molecule has 0 aromatic rings. The predicted octanol–water partition coefficient (Wildman–Crippen LogP) is 3.52. The molecule has 0 aromatic carbocycles. The number of aliphatic hydroxyl groups excluding tert-OH is 2. The molecule has 9 N–H and O–H groups in total. The number of nitrogens with two attached hydrogens (primary N) is 3. The largest absolute Gasteiger partial charge is 0.550 e. The van der Waals surface area contributed by atoms with Crippen molar-refractivity contribution in [1.82, 2.24) is 0 Å². The Morgan fingerprint density at radius 1 is 0.979 bits per heavy atom. The molecule has 8 nitrogen and oxygen atoms in total.